The largest absolute Gasteiger partial charge is 0.387 e. The highest BCUT2D eigenvalue weighted by atomic mass is 32.2. The third kappa shape index (κ3) is 6.30. The first-order valence-electron chi connectivity index (χ1n) is 5.14. The van der Waals surface area contributed by atoms with Crippen LogP contribution < -0.4 is 5.73 Å². The van der Waals surface area contributed by atoms with Crippen molar-refractivity contribution in [2.75, 3.05) is 5.75 Å². The summed E-state index contributed by atoms with van der Waals surface area (Å²) in [6, 6.07) is 0. The van der Waals surface area contributed by atoms with Gasteiger partial charge in [-0.05, 0) is 18.6 Å². The molecule has 0 aromatic carbocycles. The Bertz CT molecular complexity index is 192. The summed E-state index contributed by atoms with van der Waals surface area (Å²) < 4.78 is 0.348. The van der Waals surface area contributed by atoms with Gasteiger partial charge in [-0.1, -0.05) is 34.6 Å². The second kappa shape index (κ2) is 5.06. The zero-order valence-electron chi connectivity index (χ0n) is 10.1. The number of nitrogens with one attached hydrogen (secondary N) is 1. The summed E-state index contributed by atoms with van der Waals surface area (Å²) in [7, 11) is 0. The lowest BCUT2D eigenvalue weighted by atomic mass is 9.87. The molecule has 0 aliphatic rings. The molecule has 0 bridgehead atoms. The van der Waals surface area contributed by atoms with Crippen molar-refractivity contribution in [1.82, 2.24) is 0 Å². The standard InChI is InChI=1S/C11H24N2S/c1-10(2,3)14-8-6-7-11(4,5)9(12)13/h6-8H2,1-5H3,(H3,12,13). The summed E-state index contributed by atoms with van der Waals surface area (Å²) in [4.78, 5) is 0. The average molecular weight is 216 g/mol. The third-order valence-corrected chi connectivity index (χ3v) is 3.57. The van der Waals surface area contributed by atoms with E-state index in [1.165, 1.54) is 0 Å². The van der Waals surface area contributed by atoms with Gasteiger partial charge in [-0.25, -0.2) is 0 Å². The zero-order valence-corrected chi connectivity index (χ0v) is 10.9. The van der Waals surface area contributed by atoms with Crippen molar-refractivity contribution in [2.45, 2.75) is 52.2 Å². The maximum atomic E-state index is 7.43. The van der Waals surface area contributed by atoms with Gasteiger partial charge in [0.05, 0.1) is 5.84 Å². The third-order valence-electron chi connectivity index (χ3n) is 2.21. The van der Waals surface area contributed by atoms with Crippen LogP contribution in [0, 0.1) is 10.8 Å². The van der Waals surface area contributed by atoms with E-state index < -0.39 is 0 Å². The second-order valence-electron chi connectivity index (χ2n) is 5.36. The fourth-order valence-corrected chi connectivity index (χ4v) is 1.93. The fraction of sp³-hybridized carbons (Fsp3) is 0.909. The summed E-state index contributed by atoms with van der Waals surface area (Å²) in [5.74, 6) is 1.46. The van der Waals surface area contributed by atoms with Crippen molar-refractivity contribution in [2.24, 2.45) is 11.1 Å². The van der Waals surface area contributed by atoms with Crippen LogP contribution in [0.2, 0.25) is 0 Å². The van der Waals surface area contributed by atoms with Crippen LogP contribution in [0.1, 0.15) is 47.5 Å². The van der Waals surface area contributed by atoms with Crippen LogP contribution in [-0.4, -0.2) is 16.3 Å². The molecule has 0 radical (unpaired) electrons. The van der Waals surface area contributed by atoms with Gasteiger partial charge in [-0.3, -0.25) is 5.41 Å². The van der Waals surface area contributed by atoms with Crippen LogP contribution in [0.5, 0.6) is 0 Å². The molecule has 0 heterocycles. The Labute approximate surface area is 92.5 Å². The van der Waals surface area contributed by atoms with Crippen LogP contribution in [0.15, 0.2) is 0 Å². The Kier molecular flexibility index (Phi) is 4.99. The molecule has 3 N–H and O–H groups in total. The SMILES string of the molecule is CC(C)(C)SCCCC(C)(C)C(=N)N. The van der Waals surface area contributed by atoms with E-state index in [1.54, 1.807) is 0 Å². The number of hydrogen-bond donors (Lipinski definition) is 2. The van der Waals surface area contributed by atoms with Crippen LogP contribution in [0.25, 0.3) is 0 Å². The van der Waals surface area contributed by atoms with Crippen LogP contribution in [-0.2, 0) is 0 Å². The summed E-state index contributed by atoms with van der Waals surface area (Å²) >= 11 is 1.97. The number of hydrogen-bond acceptors (Lipinski definition) is 2. The van der Waals surface area contributed by atoms with E-state index in [0.717, 1.165) is 18.6 Å². The molecule has 0 fully saturated rings. The molecule has 0 aliphatic carbocycles. The van der Waals surface area contributed by atoms with Crippen molar-refractivity contribution >= 4 is 17.6 Å². The first-order valence-corrected chi connectivity index (χ1v) is 6.12. The van der Waals surface area contributed by atoms with Gasteiger partial charge in [0.15, 0.2) is 0 Å². The van der Waals surface area contributed by atoms with Gasteiger partial charge in [-0.2, -0.15) is 11.8 Å². The quantitative estimate of drug-likeness (QED) is 0.421. The maximum absolute atomic E-state index is 7.43. The molecule has 14 heavy (non-hydrogen) atoms. The first kappa shape index (κ1) is 13.8. The molecule has 0 unspecified atom stereocenters. The summed E-state index contributed by atoms with van der Waals surface area (Å²) in [5, 5.41) is 7.43. The summed E-state index contributed by atoms with van der Waals surface area (Å²) in [6.07, 6.45) is 2.14. The van der Waals surface area contributed by atoms with Crippen molar-refractivity contribution in [3.05, 3.63) is 0 Å². The minimum Gasteiger partial charge on any atom is -0.387 e. The molecule has 0 aliphatic heterocycles. The Morgan fingerprint density at radius 1 is 1.21 bits per heavy atom. The van der Waals surface area contributed by atoms with Gasteiger partial charge < -0.3 is 5.73 Å². The van der Waals surface area contributed by atoms with Crippen LogP contribution >= 0.6 is 11.8 Å². The van der Waals surface area contributed by atoms with Gasteiger partial charge in [0.2, 0.25) is 0 Å². The van der Waals surface area contributed by atoms with Crippen LogP contribution in [0.3, 0.4) is 0 Å². The van der Waals surface area contributed by atoms with Crippen molar-refractivity contribution < 1.29 is 0 Å². The number of nitrogens with two attached hydrogens (primary N) is 1. The molecule has 0 spiro atoms. The molecule has 0 amide bonds. The van der Waals surface area contributed by atoms with Gasteiger partial charge >= 0.3 is 0 Å². The van der Waals surface area contributed by atoms with E-state index >= 15 is 0 Å². The van der Waals surface area contributed by atoms with E-state index in [4.69, 9.17) is 11.1 Å². The van der Waals surface area contributed by atoms with Crippen molar-refractivity contribution in [3.63, 3.8) is 0 Å². The fourth-order valence-electron chi connectivity index (χ4n) is 1.03. The van der Waals surface area contributed by atoms with E-state index in [9.17, 15) is 0 Å². The van der Waals surface area contributed by atoms with Gasteiger partial charge in [-0.15, -0.1) is 0 Å². The highest BCUT2D eigenvalue weighted by Gasteiger charge is 2.21. The summed E-state index contributed by atoms with van der Waals surface area (Å²) in [5.41, 5.74) is 5.39. The predicted octanol–water partition coefficient (Wildman–Crippen LogP) is 3.26. The number of thioether (sulfide) groups is 1. The first-order chi connectivity index (χ1) is 6.15. The molecule has 0 aromatic rings. The topological polar surface area (TPSA) is 49.9 Å². The highest BCUT2D eigenvalue weighted by Crippen LogP contribution is 2.27. The minimum absolute atomic E-state index is 0.127. The zero-order chi connectivity index (χ0) is 11.4. The Hall–Kier alpha value is -0.180. The lowest BCUT2D eigenvalue weighted by molar-refractivity contribution is 0.464. The molecule has 3 heteroatoms. The Balaban J connectivity index is 3.70. The van der Waals surface area contributed by atoms with Crippen molar-refractivity contribution in [3.8, 4) is 0 Å². The van der Waals surface area contributed by atoms with E-state index in [1.807, 2.05) is 25.6 Å². The molecule has 0 aromatic heterocycles. The lowest BCUT2D eigenvalue weighted by Gasteiger charge is -2.24. The van der Waals surface area contributed by atoms with Gasteiger partial charge in [0.1, 0.15) is 0 Å². The van der Waals surface area contributed by atoms with Gasteiger partial charge in [0.25, 0.3) is 0 Å². The Morgan fingerprint density at radius 2 is 1.71 bits per heavy atom. The van der Waals surface area contributed by atoms with Crippen LogP contribution in [0.4, 0.5) is 0 Å². The van der Waals surface area contributed by atoms with Crippen molar-refractivity contribution in [1.29, 1.82) is 5.41 Å². The van der Waals surface area contributed by atoms with E-state index in [0.29, 0.717) is 10.6 Å². The second-order valence-corrected chi connectivity index (χ2v) is 7.28. The minimum atomic E-state index is -0.127. The monoisotopic (exact) mass is 216 g/mol. The smallest absolute Gasteiger partial charge is 0.0963 e. The highest BCUT2D eigenvalue weighted by molar-refractivity contribution is 8.00. The molecule has 84 valence electrons. The lowest BCUT2D eigenvalue weighted by Crippen LogP contribution is -2.30. The van der Waals surface area contributed by atoms with Gasteiger partial charge in [0, 0.05) is 10.2 Å². The molecular weight excluding hydrogens is 192 g/mol. The summed E-state index contributed by atoms with van der Waals surface area (Å²) in [6.45, 7) is 10.8. The molecule has 0 saturated heterocycles. The average Bonchev–Trinajstić information content (AvgIpc) is 1.96. The molecular formula is C11H24N2S. The van der Waals surface area contributed by atoms with E-state index in [-0.39, 0.29) is 5.41 Å². The number of amidine groups is 1. The number of rotatable bonds is 5. The molecule has 0 atom stereocenters. The van der Waals surface area contributed by atoms with E-state index in [2.05, 4.69) is 20.8 Å². The molecule has 2 nitrogen and oxygen atoms in total. The molecule has 0 saturated carbocycles. The Morgan fingerprint density at radius 3 is 2.07 bits per heavy atom. The normalized spacial score (nSPS) is 12.9. The predicted molar refractivity (Wildman–Crippen MR) is 67.1 cm³/mol. The maximum Gasteiger partial charge on any atom is 0.0963 e. The molecule has 0 rings (SSSR count).